The maximum Gasteiger partial charge on any atom is 0.325 e. The number of hydrogen-bond acceptors (Lipinski definition) is 6. The molecular formula is C22H25N5O2S2. The normalized spacial score (nSPS) is 14.0. The minimum Gasteiger partial charge on any atom is -0.329 e. The molecule has 1 aromatic carbocycles. The van der Waals surface area contributed by atoms with Crippen molar-refractivity contribution < 1.29 is 9.59 Å². The van der Waals surface area contributed by atoms with Gasteiger partial charge in [0.25, 0.3) is 0 Å². The number of thioether (sulfide) groups is 1. The highest BCUT2D eigenvalue weighted by Gasteiger charge is 2.26. The average Bonchev–Trinajstić information content (AvgIpc) is 3.50. The summed E-state index contributed by atoms with van der Waals surface area (Å²) in [5.74, 6) is 0.909. The fourth-order valence-corrected chi connectivity index (χ4v) is 5.45. The number of Topliss-reactive ketones (excluding diaryl/α,β-unsaturated/α-hetero) is 1. The van der Waals surface area contributed by atoms with Gasteiger partial charge in [-0.05, 0) is 31.9 Å². The summed E-state index contributed by atoms with van der Waals surface area (Å²) in [6, 6.07) is 5.17. The van der Waals surface area contributed by atoms with E-state index in [4.69, 9.17) is 0 Å². The molecule has 0 bridgehead atoms. The van der Waals surface area contributed by atoms with E-state index in [-0.39, 0.29) is 11.7 Å². The Labute approximate surface area is 189 Å². The molecule has 1 saturated carbocycles. The summed E-state index contributed by atoms with van der Waals surface area (Å²) in [4.78, 5) is 35.2. The number of benzene rings is 1. The predicted octanol–water partition coefficient (Wildman–Crippen LogP) is 5.49. The Morgan fingerprint density at radius 2 is 2.03 bits per heavy atom. The molecular weight excluding hydrogens is 430 g/mol. The van der Waals surface area contributed by atoms with Crippen LogP contribution in [0.5, 0.6) is 0 Å². The lowest BCUT2D eigenvalue weighted by atomic mass is 9.94. The van der Waals surface area contributed by atoms with Gasteiger partial charge in [-0.1, -0.05) is 36.2 Å². The van der Waals surface area contributed by atoms with Gasteiger partial charge in [0.1, 0.15) is 0 Å². The minimum atomic E-state index is -0.401. The molecule has 0 saturated heterocycles. The largest absolute Gasteiger partial charge is 0.329 e. The monoisotopic (exact) mass is 455 g/mol. The first-order valence-corrected chi connectivity index (χ1v) is 12.1. The second kappa shape index (κ2) is 9.65. The lowest BCUT2D eigenvalue weighted by Gasteiger charge is -2.14. The van der Waals surface area contributed by atoms with Crippen LogP contribution in [0.1, 0.15) is 46.5 Å². The van der Waals surface area contributed by atoms with Gasteiger partial charge in [0.15, 0.2) is 16.1 Å². The zero-order chi connectivity index (χ0) is 21.8. The molecule has 1 aliphatic carbocycles. The summed E-state index contributed by atoms with van der Waals surface area (Å²) < 4.78 is 1.96. The third-order valence-electron chi connectivity index (χ3n) is 5.31. The van der Waals surface area contributed by atoms with Crippen LogP contribution < -0.4 is 10.6 Å². The van der Waals surface area contributed by atoms with Gasteiger partial charge in [-0.3, -0.25) is 10.1 Å². The topological polar surface area (TPSA) is 88.9 Å². The standard InChI is InChI=1S/C22H25N5O2S2/c1-14-7-8-18(17(11-14)19(28)15-5-3-4-6-15)25-20(29)26-21-24-12-16(31-21)13-30-22-23-9-10-27(22)2/h7-12,15H,3-6,13H2,1-2H3,(H2,24,25,26,29). The van der Waals surface area contributed by atoms with E-state index in [2.05, 4.69) is 20.6 Å². The third-order valence-corrected chi connectivity index (χ3v) is 7.51. The van der Waals surface area contributed by atoms with Gasteiger partial charge in [-0.15, -0.1) is 11.3 Å². The fraction of sp³-hybridized carbons (Fsp3) is 0.364. The van der Waals surface area contributed by atoms with Crippen molar-refractivity contribution in [1.29, 1.82) is 0 Å². The summed E-state index contributed by atoms with van der Waals surface area (Å²) in [7, 11) is 1.95. The summed E-state index contributed by atoms with van der Waals surface area (Å²) in [5, 5.41) is 7.07. The van der Waals surface area contributed by atoms with Gasteiger partial charge in [-0.2, -0.15) is 0 Å². The number of imidazole rings is 1. The summed E-state index contributed by atoms with van der Waals surface area (Å²) in [6.07, 6.45) is 9.48. The van der Waals surface area contributed by atoms with Gasteiger partial charge in [0, 0.05) is 47.7 Å². The zero-order valence-electron chi connectivity index (χ0n) is 17.6. The minimum absolute atomic E-state index is 0.0585. The fourth-order valence-electron chi connectivity index (χ4n) is 3.69. The van der Waals surface area contributed by atoms with Crippen LogP contribution in [0.3, 0.4) is 0 Å². The van der Waals surface area contributed by atoms with Crippen molar-refractivity contribution in [2.45, 2.75) is 43.5 Å². The number of nitrogens with zero attached hydrogens (tertiary/aromatic N) is 3. The zero-order valence-corrected chi connectivity index (χ0v) is 19.2. The number of nitrogens with one attached hydrogen (secondary N) is 2. The van der Waals surface area contributed by atoms with Crippen molar-refractivity contribution in [3.8, 4) is 0 Å². The van der Waals surface area contributed by atoms with E-state index in [1.807, 2.05) is 36.9 Å². The Balaban J connectivity index is 1.38. The molecule has 1 aliphatic rings. The maximum absolute atomic E-state index is 13.0. The number of urea groups is 1. The van der Waals surface area contributed by atoms with E-state index >= 15 is 0 Å². The first kappa shape index (κ1) is 21.6. The van der Waals surface area contributed by atoms with Gasteiger partial charge in [-0.25, -0.2) is 14.8 Å². The second-order valence-electron chi connectivity index (χ2n) is 7.71. The van der Waals surface area contributed by atoms with E-state index in [0.29, 0.717) is 16.4 Å². The van der Waals surface area contributed by atoms with Crippen molar-refractivity contribution in [2.75, 3.05) is 10.6 Å². The molecule has 9 heteroatoms. The van der Waals surface area contributed by atoms with Crippen molar-refractivity contribution in [1.82, 2.24) is 14.5 Å². The SMILES string of the molecule is Cc1ccc(NC(=O)Nc2ncc(CSc3nccn3C)s2)c(C(=O)C2CCCC2)c1. The Bertz CT molecular complexity index is 1090. The summed E-state index contributed by atoms with van der Waals surface area (Å²) in [5.41, 5.74) is 2.14. The molecule has 7 nitrogen and oxygen atoms in total. The number of anilines is 2. The Hall–Kier alpha value is -2.65. The highest BCUT2D eigenvalue weighted by molar-refractivity contribution is 7.98. The number of carbonyl (C=O) groups excluding carboxylic acids is 2. The number of hydrogen-bond donors (Lipinski definition) is 2. The highest BCUT2D eigenvalue weighted by Crippen LogP contribution is 2.31. The molecule has 162 valence electrons. The van der Waals surface area contributed by atoms with Gasteiger partial charge >= 0.3 is 6.03 Å². The number of ketones is 1. The number of amides is 2. The number of aryl methyl sites for hydroxylation is 2. The smallest absolute Gasteiger partial charge is 0.325 e. The Morgan fingerprint density at radius 1 is 1.23 bits per heavy atom. The number of rotatable bonds is 7. The van der Waals surface area contributed by atoms with E-state index < -0.39 is 6.03 Å². The molecule has 0 spiro atoms. The van der Waals surface area contributed by atoms with E-state index in [0.717, 1.165) is 47.0 Å². The molecule has 4 rings (SSSR count). The molecule has 0 radical (unpaired) electrons. The molecule has 0 aliphatic heterocycles. The molecule has 2 aromatic heterocycles. The van der Waals surface area contributed by atoms with Crippen LogP contribution >= 0.6 is 23.1 Å². The molecule has 0 unspecified atom stereocenters. The van der Waals surface area contributed by atoms with Crippen LogP contribution in [-0.2, 0) is 12.8 Å². The second-order valence-corrected chi connectivity index (χ2v) is 9.77. The van der Waals surface area contributed by atoms with Crippen LogP contribution in [0.15, 0.2) is 41.9 Å². The van der Waals surface area contributed by atoms with Crippen molar-refractivity contribution in [2.24, 2.45) is 13.0 Å². The molecule has 31 heavy (non-hydrogen) atoms. The first-order chi connectivity index (χ1) is 15.0. The van der Waals surface area contributed by atoms with E-state index in [9.17, 15) is 9.59 Å². The van der Waals surface area contributed by atoms with Crippen LogP contribution in [0.2, 0.25) is 0 Å². The predicted molar refractivity (Wildman–Crippen MR) is 125 cm³/mol. The van der Waals surface area contributed by atoms with Crippen molar-refractivity contribution in [3.05, 3.63) is 52.8 Å². The van der Waals surface area contributed by atoms with E-state index in [1.165, 1.54) is 11.3 Å². The molecule has 0 atom stereocenters. The average molecular weight is 456 g/mol. The van der Waals surface area contributed by atoms with E-state index in [1.54, 1.807) is 30.2 Å². The van der Waals surface area contributed by atoms with Crippen LogP contribution in [0.25, 0.3) is 0 Å². The maximum atomic E-state index is 13.0. The molecule has 2 heterocycles. The van der Waals surface area contributed by atoms with Crippen LogP contribution in [0, 0.1) is 12.8 Å². The number of aromatic nitrogens is 3. The van der Waals surface area contributed by atoms with Gasteiger partial charge < -0.3 is 9.88 Å². The molecule has 2 amide bonds. The molecule has 3 aromatic rings. The quantitative estimate of drug-likeness (QED) is 0.363. The lowest BCUT2D eigenvalue weighted by molar-refractivity contribution is 0.0923. The van der Waals surface area contributed by atoms with Crippen molar-refractivity contribution >= 4 is 45.7 Å². The van der Waals surface area contributed by atoms with Crippen LogP contribution in [0.4, 0.5) is 15.6 Å². The molecule has 2 N–H and O–H groups in total. The number of thiazole rings is 1. The molecule has 1 fully saturated rings. The first-order valence-electron chi connectivity index (χ1n) is 10.3. The highest BCUT2D eigenvalue weighted by atomic mass is 32.2. The summed E-state index contributed by atoms with van der Waals surface area (Å²) in [6.45, 7) is 1.95. The number of carbonyl (C=O) groups is 2. The Kier molecular flexibility index (Phi) is 6.72. The van der Waals surface area contributed by atoms with Gasteiger partial charge in [0.05, 0.1) is 5.69 Å². The van der Waals surface area contributed by atoms with Gasteiger partial charge in [0.2, 0.25) is 0 Å². The third kappa shape index (κ3) is 5.34. The Morgan fingerprint density at radius 3 is 2.77 bits per heavy atom. The lowest BCUT2D eigenvalue weighted by Crippen LogP contribution is -2.22. The van der Waals surface area contributed by atoms with Crippen molar-refractivity contribution in [3.63, 3.8) is 0 Å². The summed E-state index contributed by atoms with van der Waals surface area (Å²) >= 11 is 3.04. The van der Waals surface area contributed by atoms with Crippen LogP contribution in [-0.4, -0.2) is 26.3 Å².